The minimum absolute atomic E-state index is 0.0914. The van der Waals surface area contributed by atoms with Crippen molar-refractivity contribution in [3.05, 3.63) is 76.0 Å². The number of rotatable bonds is 6. The van der Waals surface area contributed by atoms with E-state index in [9.17, 15) is 9.18 Å². The summed E-state index contributed by atoms with van der Waals surface area (Å²) in [6.07, 6.45) is 2.94. The van der Waals surface area contributed by atoms with Crippen LogP contribution in [0.1, 0.15) is 34.7 Å². The maximum atomic E-state index is 14.7. The zero-order valence-corrected chi connectivity index (χ0v) is 21.6. The first kappa shape index (κ1) is 24.9. The van der Waals surface area contributed by atoms with Gasteiger partial charge in [-0.2, -0.15) is 5.10 Å². The largest absolute Gasteiger partial charge is 0.383 e. The van der Waals surface area contributed by atoms with Crippen LogP contribution in [0.5, 0.6) is 0 Å². The van der Waals surface area contributed by atoms with Crippen LogP contribution in [0.25, 0.3) is 11.0 Å². The number of amides is 1. The van der Waals surface area contributed by atoms with Crippen LogP contribution >= 0.6 is 15.9 Å². The zero-order valence-electron chi connectivity index (χ0n) is 20.0. The fraction of sp³-hybridized carbons (Fsp3) is 0.280. The molecule has 1 aliphatic rings. The lowest BCUT2D eigenvalue weighted by molar-refractivity contribution is 0.0663. The van der Waals surface area contributed by atoms with Crippen molar-refractivity contribution in [2.75, 3.05) is 36.9 Å². The van der Waals surface area contributed by atoms with Gasteiger partial charge in [-0.3, -0.25) is 9.78 Å². The van der Waals surface area contributed by atoms with Crippen molar-refractivity contribution in [2.24, 2.45) is 0 Å². The van der Waals surface area contributed by atoms with Gasteiger partial charge in [0.05, 0.1) is 47.2 Å². The Hall–Kier alpha value is -3.77. The molecule has 1 unspecified atom stereocenters. The average Bonchev–Trinajstić information content (AvgIpc) is 2.92. The molecule has 0 saturated carbocycles. The second kappa shape index (κ2) is 10.7. The summed E-state index contributed by atoms with van der Waals surface area (Å²) in [6.45, 7) is 4.56. The summed E-state index contributed by atoms with van der Waals surface area (Å²) in [6, 6.07) is 9.27. The minimum atomic E-state index is -0.693. The molecule has 37 heavy (non-hydrogen) atoms. The highest BCUT2D eigenvalue weighted by Crippen LogP contribution is 2.27. The topological polar surface area (TPSA) is 123 Å². The molecule has 12 heteroatoms. The molecule has 1 saturated heterocycles. The van der Waals surface area contributed by atoms with Crippen molar-refractivity contribution in [2.45, 2.75) is 19.5 Å². The normalized spacial score (nSPS) is 14.5. The lowest BCUT2D eigenvalue weighted by Gasteiger charge is -2.29. The molecular formula is C25H24BrFN8O2. The number of halogens is 2. The Labute approximate surface area is 220 Å². The quantitative estimate of drug-likeness (QED) is 0.373. The third-order valence-corrected chi connectivity index (χ3v) is 6.81. The van der Waals surface area contributed by atoms with Crippen molar-refractivity contribution in [1.29, 1.82) is 0 Å². The number of nitrogens with zero attached hydrogens (tertiary/aromatic N) is 7. The number of nitrogen functional groups attached to an aromatic ring is 1. The van der Waals surface area contributed by atoms with Crippen LogP contribution < -0.4 is 10.6 Å². The molecule has 1 aliphatic heterocycles. The number of carbonyl (C=O) groups is 1. The molecule has 1 fully saturated rings. The Morgan fingerprint density at radius 1 is 1.22 bits per heavy atom. The predicted octanol–water partition coefficient (Wildman–Crippen LogP) is 3.54. The molecule has 0 spiro atoms. The molecule has 190 valence electrons. The van der Waals surface area contributed by atoms with Crippen LogP contribution in [0.2, 0.25) is 0 Å². The average molecular weight is 567 g/mol. The van der Waals surface area contributed by atoms with Gasteiger partial charge in [-0.1, -0.05) is 0 Å². The van der Waals surface area contributed by atoms with Crippen molar-refractivity contribution in [3.63, 3.8) is 0 Å². The minimum Gasteiger partial charge on any atom is -0.383 e. The number of carbonyl (C=O) groups excluding carboxylic acids is 1. The monoisotopic (exact) mass is 566 g/mol. The Bertz CT molecular complexity index is 1430. The van der Waals surface area contributed by atoms with E-state index in [4.69, 9.17) is 10.5 Å². The van der Waals surface area contributed by atoms with E-state index in [0.717, 1.165) is 18.9 Å². The van der Waals surface area contributed by atoms with E-state index in [-0.39, 0.29) is 18.1 Å². The highest BCUT2D eigenvalue weighted by molar-refractivity contribution is 9.10. The van der Waals surface area contributed by atoms with Crippen molar-refractivity contribution < 1.29 is 13.9 Å². The molecule has 5 heterocycles. The third-order valence-electron chi connectivity index (χ3n) is 6.18. The van der Waals surface area contributed by atoms with Crippen LogP contribution in [0, 0.1) is 5.82 Å². The molecule has 2 N–H and O–H groups in total. The third kappa shape index (κ3) is 5.35. The first-order chi connectivity index (χ1) is 17.9. The van der Waals surface area contributed by atoms with Gasteiger partial charge in [-0.05, 0) is 59.3 Å². The Morgan fingerprint density at radius 3 is 2.76 bits per heavy atom. The number of anilines is 2. The van der Waals surface area contributed by atoms with Crippen molar-refractivity contribution in [3.8, 4) is 0 Å². The van der Waals surface area contributed by atoms with Gasteiger partial charge in [0.1, 0.15) is 11.6 Å². The van der Waals surface area contributed by atoms with Gasteiger partial charge in [0.25, 0.3) is 5.91 Å². The second-order valence-corrected chi connectivity index (χ2v) is 9.44. The van der Waals surface area contributed by atoms with Crippen molar-refractivity contribution >= 4 is 44.5 Å². The number of fused-ring (bicyclic) bond motifs is 1. The zero-order chi connectivity index (χ0) is 25.9. The Balaban J connectivity index is 1.47. The summed E-state index contributed by atoms with van der Waals surface area (Å²) in [5.74, 6) is 0.185. The highest BCUT2D eigenvalue weighted by Gasteiger charge is 2.27. The molecule has 0 aliphatic carbocycles. The van der Waals surface area contributed by atoms with E-state index in [0.29, 0.717) is 45.8 Å². The van der Waals surface area contributed by atoms with Crippen LogP contribution in [0.15, 0.2) is 53.3 Å². The maximum absolute atomic E-state index is 14.7. The molecule has 1 atom stereocenters. The van der Waals surface area contributed by atoms with Crippen LogP contribution in [0.3, 0.4) is 0 Å². The summed E-state index contributed by atoms with van der Waals surface area (Å²) >= 11 is 3.36. The summed E-state index contributed by atoms with van der Waals surface area (Å²) < 4.78 is 20.7. The first-order valence-corrected chi connectivity index (χ1v) is 12.5. The molecule has 10 nitrogen and oxygen atoms in total. The van der Waals surface area contributed by atoms with Gasteiger partial charge in [-0.15, -0.1) is 5.10 Å². The number of hydrogen-bond donors (Lipinski definition) is 1. The maximum Gasteiger partial charge on any atom is 0.256 e. The number of hydrogen-bond acceptors (Lipinski definition) is 9. The fourth-order valence-electron chi connectivity index (χ4n) is 4.15. The van der Waals surface area contributed by atoms with Crippen LogP contribution in [-0.2, 0) is 11.3 Å². The molecule has 4 aromatic rings. The molecule has 0 radical (unpaired) electrons. The summed E-state index contributed by atoms with van der Waals surface area (Å²) in [5.41, 5.74) is 7.29. The smallest absolute Gasteiger partial charge is 0.256 e. The van der Waals surface area contributed by atoms with E-state index in [1.165, 1.54) is 29.4 Å². The second-order valence-electron chi connectivity index (χ2n) is 8.59. The van der Waals surface area contributed by atoms with E-state index >= 15 is 0 Å². The van der Waals surface area contributed by atoms with Gasteiger partial charge in [0, 0.05) is 30.9 Å². The van der Waals surface area contributed by atoms with Gasteiger partial charge in [0.15, 0.2) is 11.5 Å². The molecular weight excluding hydrogens is 543 g/mol. The van der Waals surface area contributed by atoms with E-state index in [1.807, 2.05) is 12.1 Å². The van der Waals surface area contributed by atoms with E-state index < -0.39 is 11.9 Å². The van der Waals surface area contributed by atoms with Crippen LogP contribution in [0.4, 0.5) is 16.0 Å². The lowest BCUT2D eigenvalue weighted by atomic mass is 10.1. The number of pyridine rings is 3. The number of morpholine rings is 1. The number of nitrogens with two attached hydrogens (primary N) is 1. The first-order valence-electron chi connectivity index (χ1n) is 11.7. The predicted molar refractivity (Wildman–Crippen MR) is 139 cm³/mol. The van der Waals surface area contributed by atoms with Gasteiger partial charge in [0.2, 0.25) is 0 Å². The van der Waals surface area contributed by atoms with E-state index in [1.54, 1.807) is 19.1 Å². The highest BCUT2D eigenvalue weighted by atomic mass is 79.9. The van der Waals surface area contributed by atoms with Gasteiger partial charge in [-0.25, -0.2) is 14.4 Å². The van der Waals surface area contributed by atoms with E-state index in [2.05, 4.69) is 46.0 Å². The number of aromatic nitrogens is 5. The Morgan fingerprint density at radius 2 is 2.03 bits per heavy atom. The molecule has 0 bridgehead atoms. The lowest BCUT2D eigenvalue weighted by Crippen LogP contribution is -2.37. The standard InChI is InChI=1S/C25H24BrFN8O2/c1-15(22-20(27)3-2-6-29-22)35(14-18-4-5-21(33-32-18)34-7-9-37-10-8-34)25(36)17-11-16-12-19(26)23(28)31-24(16)30-13-17/h2-6,11-13,15H,7-10,14H2,1H3,(H2,28,30,31). The fourth-order valence-corrected chi connectivity index (χ4v) is 4.48. The van der Waals surface area contributed by atoms with Gasteiger partial charge < -0.3 is 20.3 Å². The Kier molecular flexibility index (Phi) is 7.19. The molecule has 5 rings (SSSR count). The van der Waals surface area contributed by atoms with Gasteiger partial charge >= 0.3 is 0 Å². The van der Waals surface area contributed by atoms with Crippen LogP contribution in [-0.4, -0.2) is 62.3 Å². The summed E-state index contributed by atoms with van der Waals surface area (Å²) in [5, 5.41) is 9.34. The molecule has 4 aromatic heterocycles. The summed E-state index contributed by atoms with van der Waals surface area (Å²) in [4.78, 5) is 30.1. The van der Waals surface area contributed by atoms with Crippen molar-refractivity contribution in [1.82, 2.24) is 30.0 Å². The molecule has 1 amide bonds. The molecule has 0 aromatic carbocycles. The summed E-state index contributed by atoms with van der Waals surface area (Å²) in [7, 11) is 0. The number of ether oxygens (including phenoxy) is 1. The SMILES string of the molecule is CC(c1ncccc1F)N(Cc1ccc(N2CCOCC2)nn1)C(=O)c1cnc2nc(N)c(Br)cc2c1.